The number of aromatic nitrogens is 2. The molecule has 0 aliphatic carbocycles. The Hall–Kier alpha value is -2.19. The highest BCUT2D eigenvalue weighted by atomic mass is 35.5. The third-order valence-electron chi connectivity index (χ3n) is 4.29. The number of hydrogen-bond acceptors (Lipinski definition) is 6. The van der Waals surface area contributed by atoms with E-state index in [2.05, 4.69) is 15.3 Å². The smallest absolute Gasteiger partial charge is 0.228 e. The van der Waals surface area contributed by atoms with E-state index in [0.717, 1.165) is 0 Å². The van der Waals surface area contributed by atoms with Gasteiger partial charge in [-0.1, -0.05) is 11.6 Å². The molecular weight excluding hydrogens is 376 g/mol. The number of nitrogens with one attached hydrogen (secondary N) is 1. The lowest BCUT2D eigenvalue weighted by molar-refractivity contribution is -0.120. The fourth-order valence-corrected chi connectivity index (χ4v) is 3.89. The Bertz CT molecular complexity index is 894. The van der Waals surface area contributed by atoms with E-state index in [-0.39, 0.29) is 16.7 Å². The summed E-state index contributed by atoms with van der Waals surface area (Å²) in [5, 5.41) is 3.30. The molecule has 1 aliphatic heterocycles. The first kappa shape index (κ1) is 18.6. The topological polar surface area (TPSA) is 92.3 Å². The summed E-state index contributed by atoms with van der Waals surface area (Å²) in [6.45, 7) is 1.12. The number of sulfone groups is 1. The number of carbonyl (C=O) groups is 1. The molecule has 1 amide bonds. The fraction of sp³-hybridized carbons (Fsp3) is 0.353. The van der Waals surface area contributed by atoms with Crippen LogP contribution in [0.2, 0.25) is 5.02 Å². The number of hydrogen-bond donors (Lipinski definition) is 1. The lowest BCUT2D eigenvalue weighted by atomic mass is 9.96. The van der Waals surface area contributed by atoms with Gasteiger partial charge in [0.1, 0.15) is 16.5 Å². The number of carbonyl (C=O) groups excluding carboxylic acids is 1. The van der Waals surface area contributed by atoms with E-state index < -0.39 is 9.84 Å². The van der Waals surface area contributed by atoms with Crippen LogP contribution in [0.5, 0.6) is 0 Å². The highest BCUT2D eigenvalue weighted by Gasteiger charge is 2.28. The summed E-state index contributed by atoms with van der Waals surface area (Å²) in [5.74, 6) is 0.664. The van der Waals surface area contributed by atoms with E-state index in [1.54, 1.807) is 30.5 Å². The van der Waals surface area contributed by atoms with Crippen molar-refractivity contribution < 1.29 is 13.2 Å². The summed E-state index contributed by atoms with van der Waals surface area (Å²) in [6.07, 6.45) is 5.45. The molecule has 0 aromatic carbocycles. The number of nitrogens with zero attached hydrogens (tertiary/aromatic N) is 3. The normalized spacial score (nSPS) is 15.7. The first-order valence-corrected chi connectivity index (χ1v) is 10.4. The van der Waals surface area contributed by atoms with Crippen LogP contribution in [0, 0.1) is 5.92 Å². The van der Waals surface area contributed by atoms with Crippen molar-refractivity contribution in [3.63, 3.8) is 0 Å². The highest BCUT2D eigenvalue weighted by molar-refractivity contribution is 7.90. The molecule has 9 heteroatoms. The average molecular weight is 395 g/mol. The van der Waals surface area contributed by atoms with Crippen LogP contribution in [0.1, 0.15) is 12.8 Å². The van der Waals surface area contributed by atoms with Crippen LogP contribution >= 0.6 is 11.6 Å². The molecule has 0 saturated carbocycles. The zero-order chi connectivity index (χ0) is 18.7. The van der Waals surface area contributed by atoms with Crippen molar-refractivity contribution in [2.24, 2.45) is 5.92 Å². The molecular formula is C17H19ClN4O3S. The second kappa shape index (κ2) is 7.59. The molecule has 26 heavy (non-hydrogen) atoms. The first-order valence-electron chi connectivity index (χ1n) is 8.17. The Balaban J connectivity index is 1.64. The minimum atomic E-state index is -3.36. The molecule has 7 nitrogen and oxygen atoms in total. The third kappa shape index (κ3) is 4.31. The molecule has 0 radical (unpaired) electrons. The highest BCUT2D eigenvalue weighted by Crippen LogP contribution is 2.27. The predicted molar refractivity (Wildman–Crippen MR) is 100 cm³/mol. The number of piperidine rings is 1. The van der Waals surface area contributed by atoms with Crippen LogP contribution in [-0.4, -0.2) is 43.6 Å². The van der Waals surface area contributed by atoms with Gasteiger partial charge < -0.3 is 10.2 Å². The Morgan fingerprint density at radius 1 is 1.23 bits per heavy atom. The minimum Gasteiger partial charge on any atom is -0.355 e. The van der Waals surface area contributed by atoms with Crippen molar-refractivity contribution >= 4 is 39.0 Å². The van der Waals surface area contributed by atoms with Gasteiger partial charge in [-0.15, -0.1) is 0 Å². The van der Waals surface area contributed by atoms with Gasteiger partial charge in [0, 0.05) is 37.7 Å². The van der Waals surface area contributed by atoms with Gasteiger partial charge in [-0.3, -0.25) is 4.79 Å². The molecule has 3 rings (SSSR count). The van der Waals surface area contributed by atoms with E-state index in [1.807, 2.05) is 4.90 Å². The van der Waals surface area contributed by atoms with Crippen molar-refractivity contribution in [2.75, 3.05) is 29.6 Å². The number of anilines is 2. The van der Waals surface area contributed by atoms with E-state index in [1.165, 1.54) is 12.5 Å². The van der Waals surface area contributed by atoms with Gasteiger partial charge in [0.25, 0.3) is 0 Å². The Morgan fingerprint density at radius 3 is 2.58 bits per heavy atom. The summed E-state index contributed by atoms with van der Waals surface area (Å²) in [4.78, 5) is 22.8. The van der Waals surface area contributed by atoms with Crippen LogP contribution in [0.15, 0.2) is 41.6 Å². The van der Waals surface area contributed by atoms with E-state index in [0.29, 0.717) is 42.6 Å². The summed E-state index contributed by atoms with van der Waals surface area (Å²) < 4.78 is 23.9. The molecule has 0 bridgehead atoms. The summed E-state index contributed by atoms with van der Waals surface area (Å²) in [7, 11) is -3.36. The molecule has 1 aliphatic rings. The molecule has 2 aromatic rings. The van der Waals surface area contributed by atoms with Gasteiger partial charge in [-0.25, -0.2) is 18.4 Å². The van der Waals surface area contributed by atoms with Gasteiger partial charge in [-0.05, 0) is 37.1 Å². The van der Waals surface area contributed by atoms with Gasteiger partial charge in [0.05, 0.1) is 5.02 Å². The van der Waals surface area contributed by atoms with Crippen molar-refractivity contribution in [1.29, 1.82) is 0 Å². The maximum Gasteiger partial charge on any atom is 0.228 e. The van der Waals surface area contributed by atoms with Crippen molar-refractivity contribution in [3.05, 3.63) is 41.7 Å². The molecule has 1 fully saturated rings. The van der Waals surface area contributed by atoms with Crippen LogP contribution in [0.4, 0.5) is 11.6 Å². The monoisotopic (exact) mass is 394 g/mol. The maximum atomic E-state index is 12.4. The third-order valence-corrected chi connectivity index (χ3v) is 5.64. The minimum absolute atomic E-state index is 0.0937. The Morgan fingerprint density at radius 2 is 1.96 bits per heavy atom. The summed E-state index contributed by atoms with van der Waals surface area (Å²) >= 11 is 5.79. The standard InChI is InChI=1S/C17H19ClN4O3S/c1-26(24,25)14-3-2-8-19-16(14)22-9-6-12(7-10-22)17(23)21-15-5-4-13(18)11-20-15/h2-5,8,11-12H,6-7,9-10H2,1H3,(H,20,21,23). The van der Waals surface area contributed by atoms with E-state index >= 15 is 0 Å². The molecule has 1 N–H and O–H groups in total. The van der Waals surface area contributed by atoms with Crippen molar-refractivity contribution in [2.45, 2.75) is 17.7 Å². The number of rotatable bonds is 4. The van der Waals surface area contributed by atoms with E-state index in [9.17, 15) is 13.2 Å². The van der Waals surface area contributed by atoms with Crippen LogP contribution in [0.25, 0.3) is 0 Å². The molecule has 2 aromatic heterocycles. The second-order valence-corrected chi connectivity index (χ2v) is 8.63. The van der Waals surface area contributed by atoms with Crippen molar-refractivity contribution in [3.8, 4) is 0 Å². The Labute approximate surface area is 157 Å². The molecule has 3 heterocycles. The molecule has 0 atom stereocenters. The zero-order valence-corrected chi connectivity index (χ0v) is 15.8. The van der Waals surface area contributed by atoms with E-state index in [4.69, 9.17) is 11.6 Å². The maximum absolute atomic E-state index is 12.4. The molecule has 1 saturated heterocycles. The summed E-state index contributed by atoms with van der Waals surface area (Å²) in [6, 6.07) is 6.49. The second-order valence-electron chi connectivity index (χ2n) is 6.21. The van der Waals surface area contributed by atoms with Crippen LogP contribution in [0.3, 0.4) is 0 Å². The van der Waals surface area contributed by atoms with Crippen molar-refractivity contribution in [1.82, 2.24) is 9.97 Å². The lowest BCUT2D eigenvalue weighted by Gasteiger charge is -2.32. The first-order chi connectivity index (χ1) is 12.3. The molecule has 0 spiro atoms. The largest absolute Gasteiger partial charge is 0.355 e. The number of pyridine rings is 2. The lowest BCUT2D eigenvalue weighted by Crippen LogP contribution is -2.39. The zero-order valence-electron chi connectivity index (χ0n) is 14.2. The fourth-order valence-electron chi connectivity index (χ4n) is 2.94. The number of halogens is 1. The van der Waals surface area contributed by atoms with Gasteiger partial charge in [0.15, 0.2) is 9.84 Å². The molecule has 0 unspecified atom stereocenters. The van der Waals surface area contributed by atoms with Crippen LogP contribution in [-0.2, 0) is 14.6 Å². The SMILES string of the molecule is CS(=O)(=O)c1cccnc1N1CCC(C(=O)Nc2ccc(Cl)cn2)CC1. The summed E-state index contributed by atoms with van der Waals surface area (Å²) in [5.41, 5.74) is 0. The van der Waals surface area contributed by atoms with Crippen LogP contribution < -0.4 is 10.2 Å². The molecule has 138 valence electrons. The average Bonchev–Trinajstić information content (AvgIpc) is 2.63. The van der Waals surface area contributed by atoms with Gasteiger partial charge in [-0.2, -0.15) is 0 Å². The number of amides is 1. The Kier molecular flexibility index (Phi) is 5.43. The quantitative estimate of drug-likeness (QED) is 0.855. The predicted octanol–water partition coefficient (Wildman–Crippen LogP) is 2.39. The van der Waals surface area contributed by atoms with Gasteiger partial charge >= 0.3 is 0 Å². The van der Waals surface area contributed by atoms with Gasteiger partial charge in [0.2, 0.25) is 5.91 Å².